The fourth-order valence-electron chi connectivity index (χ4n) is 2.60. The van der Waals surface area contributed by atoms with E-state index in [1.54, 1.807) is 0 Å². The summed E-state index contributed by atoms with van der Waals surface area (Å²) in [6.07, 6.45) is 1.27. The van der Waals surface area contributed by atoms with Crippen molar-refractivity contribution in [3.8, 4) is 0 Å². The monoisotopic (exact) mass is 261 g/mol. The molecule has 1 aromatic carbocycles. The van der Waals surface area contributed by atoms with E-state index in [2.05, 4.69) is 67.3 Å². The number of hydrogen-bond acceptors (Lipinski definition) is 3. The molecule has 0 aliphatic carbocycles. The summed E-state index contributed by atoms with van der Waals surface area (Å²) >= 11 is 0. The van der Waals surface area contributed by atoms with Crippen LogP contribution in [0.3, 0.4) is 0 Å². The number of anilines is 1. The lowest BCUT2D eigenvalue weighted by atomic mass is 10.2. The minimum atomic E-state index is 0.649. The van der Waals surface area contributed by atoms with Gasteiger partial charge in [0.25, 0.3) is 0 Å². The molecule has 0 aromatic heterocycles. The highest BCUT2D eigenvalue weighted by molar-refractivity contribution is 5.45. The van der Waals surface area contributed by atoms with E-state index in [-0.39, 0.29) is 0 Å². The van der Waals surface area contributed by atoms with E-state index in [1.165, 1.54) is 30.8 Å². The largest absolute Gasteiger partial charge is 0.378 e. The molecule has 1 saturated heterocycles. The van der Waals surface area contributed by atoms with Crippen LogP contribution in [0.1, 0.15) is 25.8 Å². The summed E-state index contributed by atoms with van der Waals surface area (Å²) in [6, 6.07) is 10.1. The fourth-order valence-corrected chi connectivity index (χ4v) is 2.60. The number of benzene rings is 1. The van der Waals surface area contributed by atoms with Crippen LogP contribution in [0.4, 0.5) is 5.69 Å². The molecule has 0 saturated carbocycles. The van der Waals surface area contributed by atoms with Crippen molar-refractivity contribution in [2.75, 3.05) is 32.1 Å². The third-order valence-electron chi connectivity index (χ3n) is 4.00. The van der Waals surface area contributed by atoms with Crippen LogP contribution in [0, 0.1) is 0 Å². The maximum atomic E-state index is 3.68. The molecule has 1 unspecified atom stereocenters. The Kier molecular flexibility index (Phi) is 4.83. The summed E-state index contributed by atoms with van der Waals surface area (Å²) in [5.74, 6) is 0. The van der Waals surface area contributed by atoms with Crippen LogP contribution in [-0.2, 0) is 6.54 Å². The Labute approximate surface area is 117 Å². The molecule has 0 spiro atoms. The van der Waals surface area contributed by atoms with Crippen molar-refractivity contribution in [1.82, 2.24) is 10.2 Å². The highest BCUT2D eigenvalue weighted by Crippen LogP contribution is 2.15. The summed E-state index contributed by atoms with van der Waals surface area (Å²) in [6.45, 7) is 7.96. The Morgan fingerprint density at radius 1 is 1.26 bits per heavy atom. The number of hydrogen-bond donors (Lipinski definition) is 1. The number of likely N-dealkylation sites (tertiary alicyclic amines) is 1. The molecule has 0 bridgehead atoms. The van der Waals surface area contributed by atoms with E-state index in [0.29, 0.717) is 12.1 Å². The van der Waals surface area contributed by atoms with Gasteiger partial charge in [-0.15, -0.1) is 0 Å². The van der Waals surface area contributed by atoms with E-state index in [4.69, 9.17) is 0 Å². The first-order valence-electron chi connectivity index (χ1n) is 7.30. The molecule has 3 heteroatoms. The van der Waals surface area contributed by atoms with Crippen LogP contribution < -0.4 is 10.2 Å². The molecular formula is C16H27N3. The van der Waals surface area contributed by atoms with Gasteiger partial charge in [0.15, 0.2) is 0 Å². The van der Waals surface area contributed by atoms with Crippen LogP contribution >= 0.6 is 0 Å². The maximum Gasteiger partial charge on any atom is 0.0361 e. The molecule has 1 heterocycles. The summed E-state index contributed by atoms with van der Waals surface area (Å²) < 4.78 is 0. The van der Waals surface area contributed by atoms with Gasteiger partial charge < -0.3 is 10.2 Å². The molecule has 2 rings (SSSR count). The molecule has 1 atom stereocenters. The third-order valence-corrected chi connectivity index (χ3v) is 4.00. The highest BCUT2D eigenvalue weighted by atomic mass is 15.2. The topological polar surface area (TPSA) is 18.5 Å². The van der Waals surface area contributed by atoms with E-state index in [1.807, 2.05) is 0 Å². The lowest BCUT2D eigenvalue weighted by Crippen LogP contribution is -2.34. The van der Waals surface area contributed by atoms with Crippen molar-refractivity contribution < 1.29 is 0 Å². The Morgan fingerprint density at radius 3 is 2.47 bits per heavy atom. The molecule has 1 fully saturated rings. The normalized spacial score (nSPS) is 20.2. The van der Waals surface area contributed by atoms with Crippen LogP contribution in [0.15, 0.2) is 24.3 Å². The quantitative estimate of drug-likeness (QED) is 0.877. The fraction of sp³-hybridized carbons (Fsp3) is 0.625. The van der Waals surface area contributed by atoms with Gasteiger partial charge in [-0.2, -0.15) is 0 Å². The Bertz CT molecular complexity index is 383. The molecule has 106 valence electrons. The van der Waals surface area contributed by atoms with Gasteiger partial charge >= 0.3 is 0 Å². The first-order valence-corrected chi connectivity index (χ1v) is 7.30. The molecular weight excluding hydrogens is 234 g/mol. The standard InChI is InChI=1S/C16H27N3/c1-13(2)19-10-9-15(12-19)17-11-14-5-7-16(8-6-14)18(3)4/h5-8,13,15,17H,9-12H2,1-4H3. The average Bonchev–Trinajstić information content (AvgIpc) is 2.86. The van der Waals surface area contributed by atoms with Crippen LogP contribution in [0.2, 0.25) is 0 Å². The second-order valence-corrected chi connectivity index (χ2v) is 6.02. The first kappa shape index (κ1) is 14.4. The summed E-state index contributed by atoms with van der Waals surface area (Å²) in [7, 11) is 4.15. The smallest absolute Gasteiger partial charge is 0.0361 e. The van der Waals surface area contributed by atoms with E-state index in [0.717, 1.165) is 6.54 Å². The van der Waals surface area contributed by atoms with Crippen LogP contribution in [-0.4, -0.2) is 44.2 Å². The van der Waals surface area contributed by atoms with Crippen molar-refractivity contribution in [2.24, 2.45) is 0 Å². The Hall–Kier alpha value is -1.06. The molecule has 1 aliphatic rings. The number of nitrogens with zero attached hydrogens (tertiary/aromatic N) is 2. The van der Waals surface area contributed by atoms with E-state index < -0.39 is 0 Å². The number of nitrogens with one attached hydrogen (secondary N) is 1. The molecule has 0 radical (unpaired) electrons. The van der Waals surface area contributed by atoms with E-state index >= 15 is 0 Å². The Balaban J connectivity index is 1.80. The zero-order valence-electron chi connectivity index (χ0n) is 12.7. The van der Waals surface area contributed by atoms with Crippen molar-refractivity contribution in [1.29, 1.82) is 0 Å². The minimum Gasteiger partial charge on any atom is -0.378 e. The van der Waals surface area contributed by atoms with Crippen LogP contribution in [0.25, 0.3) is 0 Å². The lowest BCUT2D eigenvalue weighted by Gasteiger charge is -2.20. The average molecular weight is 261 g/mol. The maximum absolute atomic E-state index is 3.68. The summed E-state index contributed by atoms with van der Waals surface area (Å²) in [4.78, 5) is 4.68. The molecule has 1 aliphatic heterocycles. The number of rotatable bonds is 5. The summed E-state index contributed by atoms with van der Waals surface area (Å²) in [5, 5.41) is 3.68. The summed E-state index contributed by atoms with van der Waals surface area (Å²) in [5.41, 5.74) is 2.63. The van der Waals surface area contributed by atoms with Gasteiger partial charge in [-0.3, -0.25) is 4.90 Å². The van der Waals surface area contributed by atoms with Gasteiger partial charge in [-0.25, -0.2) is 0 Å². The van der Waals surface area contributed by atoms with Gasteiger partial charge in [-0.1, -0.05) is 12.1 Å². The van der Waals surface area contributed by atoms with Crippen molar-refractivity contribution in [3.05, 3.63) is 29.8 Å². The minimum absolute atomic E-state index is 0.649. The molecule has 3 nitrogen and oxygen atoms in total. The van der Waals surface area contributed by atoms with Gasteiger partial charge in [0, 0.05) is 45.0 Å². The second kappa shape index (κ2) is 6.40. The Morgan fingerprint density at radius 2 is 1.95 bits per heavy atom. The predicted molar refractivity (Wildman–Crippen MR) is 82.7 cm³/mol. The van der Waals surface area contributed by atoms with E-state index in [9.17, 15) is 0 Å². The van der Waals surface area contributed by atoms with Crippen molar-refractivity contribution >= 4 is 5.69 Å². The zero-order valence-corrected chi connectivity index (χ0v) is 12.7. The SMILES string of the molecule is CC(C)N1CCC(NCc2ccc(N(C)C)cc2)C1. The van der Waals surface area contributed by atoms with Gasteiger partial charge in [0.05, 0.1) is 0 Å². The van der Waals surface area contributed by atoms with Crippen molar-refractivity contribution in [2.45, 2.75) is 38.9 Å². The lowest BCUT2D eigenvalue weighted by molar-refractivity contribution is 0.268. The van der Waals surface area contributed by atoms with Crippen LogP contribution in [0.5, 0.6) is 0 Å². The zero-order chi connectivity index (χ0) is 13.8. The predicted octanol–water partition coefficient (Wildman–Crippen LogP) is 2.32. The molecule has 1 aromatic rings. The highest BCUT2D eigenvalue weighted by Gasteiger charge is 2.23. The molecule has 19 heavy (non-hydrogen) atoms. The molecule has 1 N–H and O–H groups in total. The van der Waals surface area contributed by atoms with Gasteiger partial charge in [0.2, 0.25) is 0 Å². The molecule has 0 amide bonds. The first-order chi connectivity index (χ1) is 9.06. The van der Waals surface area contributed by atoms with Crippen molar-refractivity contribution in [3.63, 3.8) is 0 Å². The third kappa shape index (κ3) is 3.95. The van der Waals surface area contributed by atoms with Gasteiger partial charge in [-0.05, 0) is 44.5 Å². The second-order valence-electron chi connectivity index (χ2n) is 6.02. The van der Waals surface area contributed by atoms with Gasteiger partial charge in [0.1, 0.15) is 0 Å².